The average molecular weight is 479 g/mol. The van der Waals surface area contributed by atoms with Crippen molar-refractivity contribution in [3.8, 4) is 5.88 Å². The van der Waals surface area contributed by atoms with Gasteiger partial charge in [0.25, 0.3) is 5.56 Å². The molecule has 6 N–H and O–H groups in total. The molecule has 1 heterocycles. The lowest BCUT2D eigenvalue weighted by Crippen LogP contribution is -2.44. The van der Waals surface area contributed by atoms with E-state index in [-0.39, 0.29) is 17.5 Å². The van der Waals surface area contributed by atoms with Gasteiger partial charge in [0, 0.05) is 13.6 Å². The molecule has 1 atom stereocenters. The zero-order valence-electron chi connectivity index (χ0n) is 20.1. The Hall–Kier alpha value is -2.95. The fraction of sp³-hybridized carbons (Fsp3) is 0.696. The highest BCUT2D eigenvalue weighted by molar-refractivity contribution is 5.96. The van der Waals surface area contributed by atoms with E-state index < -0.39 is 23.0 Å². The molecule has 2 fully saturated rings. The first-order valence-electron chi connectivity index (χ1n) is 12.0. The molecule has 2 amide bonds. The van der Waals surface area contributed by atoms with Crippen LogP contribution in [-0.2, 0) is 16.1 Å². The number of carbonyl (C=O) groups excluding carboxylic acids is 2. The van der Waals surface area contributed by atoms with Crippen molar-refractivity contribution in [2.45, 2.75) is 76.8 Å². The van der Waals surface area contributed by atoms with Gasteiger partial charge in [0.05, 0.1) is 6.04 Å². The fourth-order valence-corrected chi connectivity index (χ4v) is 4.82. The van der Waals surface area contributed by atoms with Crippen LogP contribution in [0.5, 0.6) is 5.88 Å². The first kappa shape index (κ1) is 27.3. The van der Waals surface area contributed by atoms with Gasteiger partial charge in [-0.2, -0.15) is 0 Å². The number of nitrogen functional groups attached to an aromatic ring is 1. The molecular weight excluding hydrogens is 440 g/mol. The molecule has 34 heavy (non-hydrogen) atoms. The molecule has 11 heteroatoms. The quantitative estimate of drug-likeness (QED) is 0.209. The number of carbonyl (C=O) groups is 2. The van der Waals surface area contributed by atoms with Crippen molar-refractivity contribution >= 4 is 18.2 Å². The van der Waals surface area contributed by atoms with Gasteiger partial charge in [0.15, 0.2) is 0 Å². The Kier molecular flexibility index (Phi) is 10.5. The van der Waals surface area contributed by atoms with Crippen molar-refractivity contribution in [2.75, 3.05) is 14.1 Å². The SMILES string of the molecule is CNC(CC1CCCCC1)C(=O)N(C)C=O.N=C(N)c1c(O)n(CC2CCCC2)c(=O)[nH]c1=O. The number of nitrogens with two attached hydrogens (primary N) is 1. The Morgan fingerprint density at radius 2 is 1.76 bits per heavy atom. The van der Waals surface area contributed by atoms with Crippen LogP contribution in [0.4, 0.5) is 0 Å². The molecule has 0 bridgehead atoms. The monoisotopic (exact) mass is 478 g/mol. The summed E-state index contributed by atoms with van der Waals surface area (Å²) in [7, 11) is 3.30. The van der Waals surface area contributed by atoms with Crippen LogP contribution in [-0.4, -0.2) is 57.8 Å². The number of aromatic nitrogens is 2. The second-order valence-corrected chi connectivity index (χ2v) is 9.27. The second-order valence-electron chi connectivity index (χ2n) is 9.27. The van der Waals surface area contributed by atoms with Crippen LogP contribution in [0, 0.1) is 17.2 Å². The molecule has 1 aromatic heterocycles. The van der Waals surface area contributed by atoms with Gasteiger partial charge in [-0.3, -0.25) is 34.2 Å². The number of imide groups is 1. The lowest BCUT2D eigenvalue weighted by atomic mass is 9.84. The predicted molar refractivity (Wildman–Crippen MR) is 129 cm³/mol. The number of aromatic amines is 1. The van der Waals surface area contributed by atoms with Crippen molar-refractivity contribution in [1.82, 2.24) is 19.8 Å². The molecule has 0 spiro atoms. The van der Waals surface area contributed by atoms with Crippen molar-refractivity contribution in [3.05, 3.63) is 26.4 Å². The predicted octanol–water partition coefficient (Wildman–Crippen LogP) is 0.876. The third kappa shape index (κ3) is 7.28. The van der Waals surface area contributed by atoms with Crippen LogP contribution in [0.2, 0.25) is 0 Å². The van der Waals surface area contributed by atoms with Crippen molar-refractivity contribution < 1.29 is 14.7 Å². The number of H-pyrrole nitrogens is 1. The summed E-state index contributed by atoms with van der Waals surface area (Å²) in [4.78, 5) is 48.7. The average Bonchev–Trinajstić information content (AvgIpc) is 3.33. The Morgan fingerprint density at radius 1 is 1.21 bits per heavy atom. The van der Waals surface area contributed by atoms with Crippen LogP contribution in [0.1, 0.15) is 69.8 Å². The van der Waals surface area contributed by atoms with Gasteiger partial charge in [0.2, 0.25) is 18.2 Å². The number of nitrogens with one attached hydrogen (secondary N) is 3. The number of nitrogens with zero attached hydrogens (tertiary/aromatic N) is 2. The minimum absolute atomic E-state index is 0.122. The van der Waals surface area contributed by atoms with Crippen molar-refractivity contribution in [2.24, 2.45) is 17.6 Å². The summed E-state index contributed by atoms with van der Waals surface area (Å²) < 4.78 is 1.09. The van der Waals surface area contributed by atoms with Crippen LogP contribution < -0.4 is 22.3 Å². The highest BCUT2D eigenvalue weighted by Crippen LogP contribution is 2.28. The Labute approximate surface area is 199 Å². The van der Waals surface area contributed by atoms with Gasteiger partial charge in [-0.05, 0) is 38.1 Å². The summed E-state index contributed by atoms with van der Waals surface area (Å²) in [6.45, 7) is 0.349. The lowest BCUT2D eigenvalue weighted by Gasteiger charge is -2.26. The lowest BCUT2D eigenvalue weighted by molar-refractivity contribution is -0.138. The zero-order chi connectivity index (χ0) is 25.3. The molecule has 190 valence electrons. The normalized spacial score (nSPS) is 17.5. The molecule has 2 aliphatic carbocycles. The molecule has 11 nitrogen and oxygen atoms in total. The largest absolute Gasteiger partial charge is 0.494 e. The number of amidine groups is 1. The van der Waals surface area contributed by atoms with E-state index in [9.17, 15) is 24.3 Å². The molecular formula is C23H38N6O5. The van der Waals surface area contributed by atoms with Gasteiger partial charge in [-0.15, -0.1) is 0 Å². The zero-order valence-corrected chi connectivity index (χ0v) is 20.1. The third-order valence-electron chi connectivity index (χ3n) is 6.80. The summed E-state index contributed by atoms with van der Waals surface area (Å²) in [5, 5.41) is 20.2. The van der Waals surface area contributed by atoms with Crippen LogP contribution in [0.25, 0.3) is 0 Å². The van der Waals surface area contributed by atoms with E-state index in [1.807, 2.05) is 0 Å². The summed E-state index contributed by atoms with van der Waals surface area (Å²) in [6, 6.07) is -0.210. The molecule has 2 saturated carbocycles. The van der Waals surface area contributed by atoms with Gasteiger partial charge in [-0.1, -0.05) is 44.9 Å². The molecule has 3 rings (SSSR count). The van der Waals surface area contributed by atoms with E-state index in [2.05, 4.69) is 10.3 Å². The number of rotatable bonds is 8. The molecule has 2 aliphatic rings. The van der Waals surface area contributed by atoms with Gasteiger partial charge >= 0.3 is 5.69 Å². The highest BCUT2D eigenvalue weighted by Gasteiger charge is 2.25. The smallest absolute Gasteiger partial charge is 0.331 e. The number of aromatic hydroxyl groups is 1. The third-order valence-corrected chi connectivity index (χ3v) is 6.80. The Balaban J connectivity index is 0.000000242. The Morgan fingerprint density at radius 3 is 2.29 bits per heavy atom. The Bertz CT molecular complexity index is 960. The maximum Gasteiger partial charge on any atom is 0.331 e. The maximum absolute atomic E-state index is 11.8. The molecule has 1 aromatic rings. The van der Waals surface area contributed by atoms with E-state index >= 15 is 0 Å². The molecule has 0 aromatic carbocycles. The standard InChI is InChI=1S/C12H22N2O2.C11H16N4O3/c1-13-11(12(16)14(2)9-15)8-10-6-4-3-5-7-10;12-8(13)7-9(16)14-11(18)15(10(7)17)5-6-3-1-2-4-6/h9-11,13H,3-8H2,1-2H3;6,17H,1-5H2,(H3,12,13)(H,14,16,18). The molecule has 0 radical (unpaired) electrons. The maximum atomic E-state index is 11.8. The van der Waals surface area contributed by atoms with Gasteiger partial charge in [0.1, 0.15) is 11.4 Å². The number of amides is 2. The van der Waals surface area contributed by atoms with Crippen LogP contribution >= 0.6 is 0 Å². The van der Waals surface area contributed by atoms with Crippen molar-refractivity contribution in [1.29, 1.82) is 5.41 Å². The molecule has 0 saturated heterocycles. The number of hydrogen-bond acceptors (Lipinski definition) is 7. The van der Waals surface area contributed by atoms with E-state index in [1.54, 1.807) is 7.05 Å². The molecule has 1 unspecified atom stereocenters. The molecule has 0 aliphatic heterocycles. The summed E-state index contributed by atoms with van der Waals surface area (Å²) in [6.07, 6.45) is 12.0. The minimum Gasteiger partial charge on any atom is -0.494 e. The second kappa shape index (κ2) is 13.1. The van der Waals surface area contributed by atoms with Crippen LogP contribution in [0.15, 0.2) is 9.59 Å². The summed E-state index contributed by atoms with van der Waals surface area (Å²) >= 11 is 0. The first-order chi connectivity index (χ1) is 16.2. The van der Waals surface area contributed by atoms with E-state index in [1.165, 1.54) is 39.2 Å². The van der Waals surface area contributed by atoms with E-state index in [0.29, 0.717) is 24.8 Å². The minimum atomic E-state index is -0.826. The topological polar surface area (TPSA) is 174 Å². The number of hydrogen-bond donors (Lipinski definition) is 5. The number of likely N-dealkylation sites (N-methyl/N-ethyl adjacent to an activating group) is 2. The fourth-order valence-electron chi connectivity index (χ4n) is 4.82. The van der Waals surface area contributed by atoms with Crippen molar-refractivity contribution in [3.63, 3.8) is 0 Å². The first-order valence-corrected chi connectivity index (χ1v) is 12.0. The van der Waals surface area contributed by atoms with Crippen LogP contribution in [0.3, 0.4) is 0 Å². The highest BCUT2D eigenvalue weighted by atomic mass is 16.3. The summed E-state index contributed by atoms with van der Waals surface area (Å²) in [5.41, 5.74) is 3.41. The van der Waals surface area contributed by atoms with Gasteiger partial charge < -0.3 is 16.2 Å². The van der Waals surface area contributed by atoms with Gasteiger partial charge in [-0.25, -0.2) is 4.79 Å². The summed E-state index contributed by atoms with van der Waals surface area (Å²) in [5.74, 6) is -0.227. The van der Waals surface area contributed by atoms with E-state index in [0.717, 1.165) is 41.6 Å². The van der Waals surface area contributed by atoms with E-state index in [4.69, 9.17) is 11.1 Å².